The Bertz CT molecular complexity index is 1220. The molecule has 0 aliphatic carbocycles. The molecule has 0 atom stereocenters. The predicted molar refractivity (Wildman–Crippen MR) is 123 cm³/mol. The standard InChI is InChI=1S/C21H19ClN4O4S2/c22-18-8-9-19(31-18)32(29,30)26-13-11-25(12-14-26)21(28)15-4-6-16(7-5-15)24-20(27)17-3-1-2-10-23-17/h1-10H,11-14H2,(H,24,27). The first-order valence-electron chi connectivity index (χ1n) is 9.72. The third-order valence-corrected chi connectivity index (χ3v) is 8.55. The van der Waals surface area contributed by atoms with Crippen molar-refractivity contribution in [1.82, 2.24) is 14.2 Å². The lowest BCUT2D eigenvalue weighted by molar-refractivity contribution is 0.0698. The van der Waals surface area contributed by atoms with E-state index in [1.807, 2.05) is 0 Å². The topological polar surface area (TPSA) is 99.7 Å². The molecule has 2 aromatic heterocycles. The molecule has 1 aromatic carbocycles. The van der Waals surface area contributed by atoms with Gasteiger partial charge >= 0.3 is 0 Å². The number of anilines is 1. The number of pyridine rings is 1. The van der Waals surface area contributed by atoms with Crippen LogP contribution in [0, 0.1) is 0 Å². The molecular formula is C21H19ClN4O4S2. The number of sulfonamides is 1. The van der Waals surface area contributed by atoms with Crippen molar-refractivity contribution in [3.8, 4) is 0 Å². The van der Waals surface area contributed by atoms with Crippen LogP contribution in [0.15, 0.2) is 65.0 Å². The summed E-state index contributed by atoms with van der Waals surface area (Å²) in [6.45, 7) is 0.994. The molecule has 1 N–H and O–H groups in total. The van der Waals surface area contributed by atoms with Gasteiger partial charge in [-0.25, -0.2) is 8.42 Å². The van der Waals surface area contributed by atoms with Crippen LogP contribution in [0.5, 0.6) is 0 Å². The lowest BCUT2D eigenvalue weighted by Gasteiger charge is -2.33. The molecule has 11 heteroatoms. The summed E-state index contributed by atoms with van der Waals surface area (Å²) in [6, 6.07) is 14.7. The fraction of sp³-hybridized carbons (Fsp3) is 0.190. The molecule has 8 nitrogen and oxygen atoms in total. The van der Waals surface area contributed by atoms with Crippen LogP contribution in [0.3, 0.4) is 0 Å². The van der Waals surface area contributed by atoms with Gasteiger partial charge in [-0.1, -0.05) is 17.7 Å². The highest BCUT2D eigenvalue weighted by atomic mass is 35.5. The molecule has 0 unspecified atom stereocenters. The lowest BCUT2D eigenvalue weighted by atomic mass is 10.1. The molecule has 0 radical (unpaired) electrons. The molecule has 1 fully saturated rings. The lowest BCUT2D eigenvalue weighted by Crippen LogP contribution is -2.50. The van der Waals surface area contributed by atoms with Crippen LogP contribution in [0.1, 0.15) is 20.8 Å². The van der Waals surface area contributed by atoms with Crippen molar-refractivity contribution in [3.63, 3.8) is 0 Å². The molecular weight excluding hydrogens is 472 g/mol. The summed E-state index contributed by atoms with van der Waals surface area (Å²) in [5.41, 5.74) is 1.30. The number of hydrogen-bond acceptors (Lipinski definition) is 6. The minimum absolute atomic E-state index is 0.191. The largest absolute Gasteiger partial charge is 0.336 e. The average Bonchev–Trinajstić information content (AvgIpc) is 3.27. The minimum Gasteiger partial charge on any atom is -0.336 e. The van der Waals surface area contributed by atoms with E-state index in [4.69, 9.17) is 11.6 Å². The van der Waals surface area contributed by atoms with Gasteiger partial charge in [0, 0.05) is 43.6 Å². The van der Waals surface area contributed by atoms with E-state index < -0.39 is 10.0 Å². The van der Waals surface area contributed by atoms with Crippen molar-refractivity contribution >= 4 is 50.5 Å². The smallest absolute Gasteiger partial charge is 0.274 e. The Morgan fingerprint density at radius 3 is 2.28 bits per heavy atom. The van der Waals surface area contributed by atoms with Gasteiger partial charge in [0.25, 0.3) is 21.8 Å². The number of halogens is 1. The summed E-state index contributed by atoms with van der Waals surface area (Å²) < 4.78 is 27.4. The highest BCUT2D eigenvalue weighted by molar-refractivity contribution is 7.91. The number of benzene rings is 1. The van der Waals surface area contributed by atoms with E-state index in [-0.39, 0.29) is 42.2 Å². The molecule has 3 aromatic rings. The third-order valence-electron chi connectivity index (χ3n) is 4.96. The van der Waals surface area contributed by atoms with E-state index in [2.05, 4.69) is 10.3 Å². The first kappa shape index (κ1) is 22.4. The zero-order valence-electron chi connectivity index (χ0n) is 16.8. The summed E-state index contributed by atoms with van der Waals surface area (Å²) >= 11 is 6.88. The zero-order valence-corrected chi connectivity index (χ0v) is 19.2. The molecule has 4 rings (SSSR count). The van der Waals surface area contributed by atoms with Crippen LogP contribution in [-0.4, -0.2) is 60.6 Å². The number of carbonyl (C=O) groups excluding carboxylic acids is 2. The van der Waals surface area contributed by atoms with Crippen molar-refractivity contribution in [2.75, 3.05) is 31.5 Å². The maximum atomic E-state index is 12.8. The van der Waals surface area contributed by atoms with Crippen LogP contribution in [0.4, 0.5) is 5.69 Å². The van der Waals surface area contributed by atoms with Crippen molar-refractivity contribution in [2.45, 2.75) is 4.21 Å². The van der Waals surface area contributed by atoms with Gasteiger partial charge < -0.3 is 10.2 Å². The molecule has 166 valence electrons. The van der Waals surface area contributed by atoms with Gasteiger partial charge in [-0.15, -0.1) is 11.3 Å². The summed E-state index contributed by atoms with van der Waals surface area (Å²) in [4.78, 5) is 30.6. The Morgan fingerprint density at radius 1 is 0.969 bits per heavy atom. The van der Waals surface area contributed by atoms with Gasteiger partial charge in [-0.05, 0) is 48.5 Å². The number of nitrogens with one attached hydrogen (secondary N) is 1. The summed E-state index contributed by atoms with van der Waals surface area (Å²) in [6.07, 6.45) is 1.54. The van der Waals surface area contributed by atoms with Crippen LogP contribution >= 0.6 is 22.9 Å². The second kappa shape index (κ2) is 9.37. The molecule has 32 heavy (non-hydrogen) atoms. The minimum atomic E-state index is -3.61. The number of piperazine rings is 1. The van der Waals surface area contributed by atoms with Crippen molar-refractivity contribution < 1.29 is 18.0 Å². The Balaban J connectivity index is 1.35. The van der Waals surface area contributed by atoms with E-state index in [1.165, 1.54) is 16.6 Å². The molecule has 2 amide bonds. The van der Waals surface area contributed by atoms with Crippen molar-refractivity contribution in [1.29, 1.82) is 0 Å². The Hall–Kier alpha value is -2.79. The molecule has 0 saturated carbocycles. The average molecular weight is 491 g/mol. The first-order valence-corrected chi connectivity index (χ1v) is 12.4. The molecule has 1 aliphatic rings. The first-order chi connectivity index (χ1) is 15.3. The fourth-order valence-corrected chi connectivity index (χ4v) is 6.33. The Morgan fingerprint density at radius 2 is 1.69 bits per heavy atom. The number of rotatable bonds is 5. The number of carbonyl (C=O) groups is 2. The van der Waals surface area contributed by atoms with E-state index in [9.17, 15) is 18.0 Å². The highest BCUT2D eigenvalue weighted by Gasteiger charge is 2.31. The molecule has 0 spiro atoms. The zero-order chi connectivity index (χ0) is 22.7. The fourth-order valence-electron chi connectivity index (χ4n) is 3.27. The van der Waals surface area contributed by atoms with E-state index in [1.54, 1.807) is 53.4 Å². The van der Waals surface area contributed by atoms with E-state index in [0.717, 1.165) is 11.3 Å². The van der Waals surface area contributed by atoms with Gasteiger partial charge in [0.1, 0.15) is 9.90 Å². The van der Waals surface area contributed by atoms with E-state index in [0.29, 0.717) is 21.3 Å². The monoisotopic (exact) mass is 490 g/mol. The van der Waals surface area contributed by atoms with E-state index >= 15 is 0 Å². The number of aromatic nitrogens is 1. The summed E-state index contributed by atoms with van der Waals surface area (Å²) in [7, 11) is -3.61. The maximum absolute atomic E-state index is 12.8. The van der Waals surface area contributed by atoms with Gasteiger partial charge in [0.05, 0.1) is 4.34 Å². The normalized spacial score (nSPS) is 14.8. The SMILES string of the molecule is O=C(Nc1ccc(C(=O)N2CCN(S(=O)(=O)c3ccc(Cl)s3)CC2)cc1)c1ccccn1. The second-order valence-electron chi connectivity index (χ2n) is 7.00. The molecule has 1 saturated heterocycles. The third kappa shape index (κ3) is 4.83. The Labute approximate surface area is 194 Å². The number of amides is 2. The van der Waals surface area contributed by atoms with Gasteiger partial charge in [0.2, 0.25) is 0 Å². The summed E-state index contributed by atoms with van der Waals surface area (Å²) in [5, 5.41) is 2.74. The van der Waals surface area contributed by atoms with Crippen LogP contribution < -0.4 is 5.32 Å². The van der Waals surface area contributed by atoms with Crippen LogP contribution in [0.2, 0.25) is 4.34 Å². The summed E-state index contributed by atoms with van der Waals surface area (Å²) in [5.74, 6) is -0.530. The molecule has 1 aliphatic heterocycles. The van der Waals surface area contributed by atoms with Gasteiger partial charge in [-0.3, -0.25) is 14.6 Å². The number of thiophene rings is 1. The van der Waals surface area contributed by atoms with Crippen LogP contribution in [0.25, 0.3) is 0 Å². The van der Waals surface area contributed by atoms with Crippen LogP contribution in [-0.2, 0) is 10.0 Å². The van der Waals surface area contributed by atoms with Gasteiger partial charge in [0.15, 0.2) is 0 Å². The molecule has 3 heterocycles. The Kier molecular flexibility index (Phi) is 6.56. The second-order valence-corrected chi connectivity index (χ2v) is 10.9. The van der Waals surface area contributed by atoms with Gasteiger partial charge in [-0.2, -0.15) is 4.31 Å². The quantitative estimate of drug-likeness (QED) is 0.592. The predicted octanol–water partition coefficient (Wildman–Crippen LogP) is 3.20. The number of hydrogen-bond donors (Lipinski definition) is 1. The highest BCUT2D eigenvalue weighted by Crippen LogP contribution is 2.28. The maximum Gasteiger partial charge on any atom is 0.274 e. The number of nitrogens with zero attached hydrogens (tertiary/aromatic N) is 3. The van der Waals surface area contributed by atoms with Crippen molar-refractivity contribution in [2.24, 2.45) is 0 Å². The molecule has 0 bridgehead atoms. The van der Waals surface area contributed by atoms with Crippen molar-refractivity contribution in [3.05, 3.63) is 76.4 Å².